The van der Waals surface area contributed by atoms with Crippen molar-refractivity contribution in [1.29, 1.82) is 0 Å². The number of hydrogen-bond acceptors (Lipinski definition) is 9. The number of benzene rings is 1. The van der Waals surface area contributed by atoms with Crippen LogP contribution in [0.5, 0.6) is 11.5 Å². The van der Waals surface area contributed by atoms with Crippen molar-refractivity contribution in [2.45, 2.75) is 31.8 Å². The number of thioether (sulfide) groups is 1. The first-order valence-corrected chi connectivity index (χ1v) is 11.6. The topological polar surface area (TPSA) is 108 Å². The molecule has 10 heteroatoms. The monoisotopic (exact) mass is 476 g/mol. The average Bonchev–Trinajstić information content (AvgIpc) is 3.08. The summed E-state index contributed by atoms with van der Waals surface area (Å²) in [5.74, 6) is 0.817. The van der Waals surface area contributed by atoms with Gasteiger partial charge in [0.25, 0.3) is 5.56 Å². The quantitative estimate of drug-likeness (QED) is 0.368. The minimum absolute atomic E-state index is 0.179. The van der Waals surface area contributed by atoms with E-state index in [1.165, 1.54) is 37.3 Å². The Kier molecular flexibility index (Phi) is 7.57. The molecule has 0 amide bonds. The van der Waals surface area contributed by atoms with Gasteiger partial charge >= 0.3 is 5.97 Å². The number of H-pyrrole nitrogens is 1. The molecule has 0 unspecified atom stereocenters. The van der Waals surface area contributed by atoms with Gasteiger partial charge in [-0.3, -0.25) is 14.4 Å². The molecular formula is C22H24N2O6S2. The Hall–Kier alpha value is -2.85. The molecular weight excluding hydrogens is 452 g/mol. The summed E-state index contributed by atoms with van der Waals surface area (Å²) in [7, 11) is 2.97. The standard InChI is InChI=1S/C22H24N2O6S2/c1-11-12(2)32-21-19(11)20(26)23-18(24-21)10-31-13(3)22(27)30-9-16(25)15-7-6-14(28-4)8-17(15)29-5/h6-8,13H,9-10H2,1-5H3,(H,23,24,26)/t13-/m1/s1. The molecule has 1 atom stereocenters. The molecule has 0 spiro atoms. The van der Waals surface area contributed by atoms with Gasteiger partial charge in [-0.05, 0) is 38.5 Å². The number of ether oxygens (including phenoxy) is 3. The highest BCUT2D eigenvalue weighted by molar-refractivity contribution is 7.99. The molecule has 8 nitrogen and oxygen atoms in total. The predicted octanol–water partition coefficient (Wildman–Crippen LogP) is 3.67. The maximum Gasteiger partial charge on any atom is 0.319 e. The number of esters is 1. The highest BCUT2D eigenvalue weighted by Gasteiger charge is 2.20. The van der Waals surface area contributed by atoms with E-state index >= 15 is 0 Å². The van der Waals surface area contributed by atoms with E-state index in [2.05, 4.69) is 9.97 Å². The Balaban J connectivity index is 1.58. The Labute approximate surface area is 193 Å². The number of ketones is 1. The Morgan fingerprint density at radius 3 is 2.66 bits per heavy atom. The molecule has 1 N–H and O–H groups in total. The summed E-state index contributed by atoms with van der Waals surface area (Å²) in [5.41, 5.74) is 1.06. The number of aromatic amines is 1. The first kappa shape index (κ1) is 23.8. The van der Waals surface area contributed by atoms with Crippen molar-refractivity contribution in [2.75, 3.05) is 20.8 Å². The van der Waals surface area contributed by atoms with Crippen LogP contribution in [0.25, 0.3) is 10.2 Å². The van der Waals surface area contributed by atoms with Gasteiger partial charge in [0.05, 0.1) is 30.9 Å². The average molecular weight is 477 g/mol. The van der Waals surface area contributed by atoms with Crippen LogP contribution in [0.15, 0.2) is 23.0 Å². The van der Waals surface area contributed by atoms with Gasteiger partial charge in [-0.1, -0.05) is 0 Å². The molecule has 2 heterocycles. The van der Waals surface area contributed by atoms with E-state index < -0.39 is 17.8 Å². The van der Waals surface area contributed by atoms with Crippen LogP contribution in [0.2, 0.25) is 0 Å². The van der Waals surface area contributed by atoms with Crippen LogP contribution in [-0.2, 0) is 15.3 Å². The molecule has 32 heavy (non-hydrogen) atoms. The second-order valence-electron chi connectivity index (χ2n) is 7.03. The van der Waals surface area contributed by atoms with E-state index in [0.29, 0.717) is 38.9 Å². The summed E-state index contributed by atoms with van der Waals surface area (Å²) in [5, 5.41) is 0.0644. The first-order chi connectivity index (χ1) is 15.2. The normalized spacial score (nSPS) is 11.9. The van der Waals surface area contributed by atoms with E-state index in [1.807, 2.05) is 13.8 Å². The number of nitrogens with zero attached hydrogens (tertiary/aromatic N) is 1. The van der Waals surface area contributed by atoms with Crippen molar-refractivity contribution in [3.8, 4) is 11.5 Å². The van der Waals surface area contributed by atoms with E-state index in [1.54, 1.807) is 25.1 Å². The third-order valence-corrected chi connectivity index (χ3v) is 7.18. The van der Waals surface area contributed by atoms with E-state index in [0.717, 1.165) is 10.4 Å². The van der Waals surface area contributed by atoms with Crippen molar-refractivity contribution in [2.24, 2.45) is 0 Å². The molecule has 0 saturated heterocycles. The fraction of sp³-hybridized carbons (Fsp3) is 0.364. The minimum Gasteiger partial charge on any atom is -0.497 e. The predicted molar refractivity (Wildman–Crippen MR) is 125 cm³/mol. The molecule has 170 valence electrons. The number of Topliss-reactive ketones (excluding diaryl/α,β-unsaturated/α-hetero) is 1. The van der Waals surface area contributed by atoms with Crippen molar-refractivity contribution in [1.82, 2.24) is 9.97 Å². The Bertz CT molecular complexity index is 1220. The number of rotatable bonds is 9. The van der Waals surface area contributed by atoms with E-state index in [9.17, 15) is 14.4 Å². The van der Waals surface area contributed by atoms with Crippen LogP contribution >= 0.6 is 23.1 Å². The Morgan fingerprint density at radius 1 is 1.22 bits per heavy atom. The second-order valence-corrected chi connectivity index (χ2v) is 9.56. The van der Waals surface area contributed by atoms with Gasteiger partial charge in [0.1, 0.15) is 27.4 Å². The lowest BCUT2D eigenvalue weighted by Crippen LogP contribution is -2.22. The van der Waals surface area contributed by atoms with Gasteiger partial charge in [0.15, 0.2) is 6.61 Å². The summed E-state index contributed by atoms with van der Waals surface area (Å²) >= 11 is 2.75. The third kappa shape index (κ3) is 5.13. The smallest absolute Gasteiger partial charge is 0.319 e. The van der Waals surface area contributed by atoms with Gasteiger partial charge in [-0.2, -0.15) is 0 Å². The lowest BCUT2D eigenvalue weighted by Gasteiger charge is -2.12. The number of aromatic nitrogens is 2. The van der Waals surface area contributed by atoms with Gasteiger partial charge in [-0.25, -0.2) is 4.98 Å². The maximum atomic E-state index is 12.5. The number of aryl methyl sites for hydroxylation is 2. The third-order valence-electron chi connectivity index (χ3n) is 4.94. The lowest BCUT2D eigenvalue weighted by atomic mass is 10.1. The van der Waals surface area contributed by atoms with Crippen LogP contribution < -0.4 is 15.0 Å². The number of thiophene rings is 1. The molecule has 3 aromatic rings. The first-order valence-electron chi connectivity index (χ1n) is 9.77. The van der Waals surface area contributed by atoms with Gasteiger partial charge in [0, 0.05) is 10.9 Å². The molecule has 0 aliphatic rings. The molecule has 0 aliphatic heterocycles. The van der Waals surface area contributed by atoms with Crippen molar-refractivity contribution >= 4 is 45.1 Å². The van der Waals surface area contributed by atoms with Crippen LogP contribution in [0, 0.1) is 13.8 Å². The molecule has 0 fully saturated rings. The maximum absolute atomic E-state index is 12.5. The zero-order valence-electron chi connectivity index (χ0n) is 18.4. The summed E-state index contributed by atoms with van der Waals surface area (Å²) in [6.45, 7) is 5.14. The van der Waals surface area contributed by atoms with Gasteiger partial charge in [0.2, 0.25) is 5.78 Å². The highest BCUT2D eigenvalue weighted by Crippen LogP contribution is 2.27. The molecule has 1 aromatic carbocycles. The van der Waals surface area contributed by atoms with Crippen LogP contribution in [0.1, 0.15) is 33.5 Å². The SMILES string of the molecule is COc1ccc(C(=O)COC(=O)[C@@H](C)SCc2nc3sc(C)c(C)c3c(=O)[nH]2)c(OC)c1. The number of methoxy groups -OCH3 is 2. The molecule has 3 rings (SSSR count). The second kappa shape index (κ2) is 10.2. The van der Waals surface area contributed by atoms with Gasteiger partial charge < -0.3 is 19.2 Å². The molecule has 0 saturated carbocycles. The fourth-order valence-electron chi connectivity index (χ4n) is 3.00. The van der Waals surface area contributed by atoms with Gasteiger partial charge in [-0.15, -0.1) is 23.1 Å². The summed E-state index contributed by atoms with van der Waals surface area (Å²) < 4.78 is 15.5. The van der Waals surface area contributed by atoms with Crippen LogP contribution in [0.4, 0.5) is 0 Å². The van der Waals surface area contributed by atoms with Crippen molar-refractivity contribution < 1.29 is 23.8 Å². The molecule has 2 aromatic heterocycles. The number of carbonyl (C=O) groups excluding carboxylic acids is 2. The van der Waals surface area contributed by atoms with Crippen LogP contribution in [0.3, 0.4) is 0 Å². The van der Waals surface area contributed by atoms with E-state index in [-0.39, 0.29) is 11.3 Å². The zero-order valence-corrected chi connectivity index (χ0v) is 20.1. The number of hydrogen-bond donors (Lipinski definition) is 1. The molecule has 0 aliphatic carbocycles. The fourth-order valence-corrected chi connectivity index (χ4v) is 4.80. The van der Waals surface area contributed by atoms with Crippen molar-refractivity contribution in [3.05, 3.63) is 50.4 Å². The number of carbonyl (C=O) groups is 2. The minimum atomic E-state index is -0.548. The number of fused-ring (bicyclic) bond motifs is 1. The summed E-state index contributed by atoms with van der Waals surface area (Å²) in [6.07, 6.45) is 0. The number of nitrogens with one attached hydrogen (secondary N) is 1. The largest absolute Gasteiger partial charge is 0.497 e. The van der Waals surface area contributed by atoms with E-state index in [4.69, 9.17) is 14.2 Å². The lowest BCUT2D eigenvalue weighted by molar-refractivity contribution is -0.141. The Morgan fingerprint density at radius 2 is 1.97 bits per heavy atom. The van der Waals surface area contributed by atoms with Crippen molar-refractivity contribution in [3.63, 3.8) is 0 Å². The summed E-state index contributed by atoms with van der Waals surface area (Å²) in [6, 6.07) is 4.80. The molecule has 0 bridgehead atoms. The molecule has 0 radical (unpaired) electrons. The zero-order chi connectivity index (χ0) is 23.4. The van der Waals surface area contributed by atoms with Crippen LogP contribution in [-0.4, -0.2) is 47.8 Å². The highest BCUT2D eigenvalue weighted by atomic mass is 32.2. The summed E-state index contributed by atoms with van der Waals surface area (Å²) in [4.78, 5) is 46.2.